The van der Waals surface area contributed by atoms with Crippen LogP contribution >= 0.6 is 0 Å². The van der Waals surface area contributed by atoms with Gasteiger partial charge in [-0.15, -0.1) is 0 Å². The van der Waals surface area contributed by atoms with Crippen LogP contribution in [0.2, 0.25) is 0 Å². The maximum Gasteiger partial charge on any atom is 0.197 e. The van der Waals surface area contributed by atoms with Gasteiger partial charge < -0.3 is 18.8 Å². The maximum absolute atomic E-state index is 6.69. The summed E-state index contributed by atoms with van der Waals surface area (Å²) >= 11 is 0. The normalized spacial score (nSPS) is 15.0. The van der Waals surface area contributed by atoms with E-state index in [1.165, 1.54) is 22.2 Å². The summed E-state index contributed by atoms with van der Waals surface area (Å²) < 4.78 is 19.8. The predicted molar refractivity (Wildman–Crippen MR) is 118 cm³/mol. The summed E-state index contributed by atoms with van der Waals surface area (Å²) in [6, 6.07) is 25.3. The zero-order valence-corrected chi connectivity index (χ0v) is 17.5. The molecule has 1 aliphatic rings. The second-order valence-corrected chi connectivity index (χ2v) is 7.73. The Kier molecular flexibility index (Phi) is 4.52. The molecule has 152 valence electrons. The Labute approximate surface area is 176 Å². The molecule has 30 heavy (non-hydrogen) atoms. The average Bonchev–Trinajstić information content (AvgIpc) is 3.17. The van der Waals surface area contributed by atoms with E-state index in [2.05, 4.69) is 60.0 Å². The van der Waals surface area contributed by atoms with Crippen molar-refractivity contribution in [2.24, 2.45) is 0 Å². The number of benzene rings is 3. The Morgan fingerprint density at radius 3 is 1.97 bits per heavy atom. The van der Waals surface area contributed by atoms with Gasteiger partial charge in [0.05, 0.1) is 26.3 Å². The molecule has 0 atom stereocenters. The predicted octanol–water partition coefficient (Wildman–Crippen LogP) is 5.29. The van der Waals surface area contributed by atoms with E-state index in [4.69, 9.17) is 14.2 Å². The monoisotopic (exact) mass is 399 g/mol. The van der Waals surface area contributed by atoms with Gasteiger partial charge in [-0.1, -0.05) is 35.9 Å². The number of fused-ring (bicyclic) bond motifs is 3. The van der Waals surface area contributed by atoms with Crippen LogP contribution in [0.5, 0.6) is 11.5 Å². The quantitative estimate of drug-likeness (QED) is 0.467. The van der Waals surface area contributed by atoms with Crippen molar-refractivity contribution in [3.63, 3.8) is 0 Å². The molecule has 0 radical (unpaired) electrons. The number of aromatic nitrogens is 1. The molecule has 0 unspecified atom stereocenters. The number of aryl methyl sites for hydroxylation is 1. The summed E-state index contributed by atoms with van der Waals surface area (Å²) in [5.41, 5.74) is 5.06. The van der Waals surface area contributed by atoms with Crippen LogP contribution in [0.15, 0.2) is 72.8 Å². The highest BCUT2D eigenvalue weighted by Gasteiger charge is 2.42. The first-order chi connectivity index (χ1) is 14.7. The van der Waals surface area contributed by atoms with Crippen molar-refractivity contribution in [1.82, 2.24) is 4.57 Å². The third kappa shape index (κ3) is 2.79. The minimum absolute atomic E-state index is 0.646. The van der Waals surface area contributed by atoms with Gasteiger partial charge in [0.2, 0.25) is 0 Å². The summed E-state index contributed by atoms with van der Waals surface area (Å²) in [6.45, 7) is 2.78. The molecule has 1 aliphatic heterocycles. The fraction of sp³-hybridized carbons (Fsp3) is 0.231. The number of rotatable bonds is 4. The molecule has 0 N–H and O–H groups in total. The molecule has 0 fully saturated rings. The zero-order chi connectivity index (χ0) is 20.7. The second-order valence-electron chi connectivity index (χ2n) is 7.73. The van der Waals surface area contributed by atoms with E-state index in [0.29, 0.717) is 6.61 Å². The standard InChI is InChI=1S/C26H25NO3/c1-18-4-13-25-19(16-18)17-22-14-15-30-26(27(22)25,20-5-9-23(28-2)10-6-20)21-7-11-24(29-3)12-8-21/h4-13,16-17H,14-15H2,1-3H3. The van der Waals surface area contributed by atoms with Crippen molar-refractivity contribution < 1.29 is 14.2 Å². The molecule has 0 bridgehead atoms. The average molecular weight is 399 g/mol. The van der Waals surface area contributed by atoms with E-state index in [1.807, 2.05) is 24.3 Å². The summed E-state index contributed by atoms with van der Waals surface area (Å²) in [5.74, 6) is 1.65. The largest absolute Gasteiger partial charge is 0.497 e. The van der Waals surface area contributed by atoms with Crippen molar-refractivity contribution in [3.05, 3.63) is 95.2 Å². The highest BCUT2D eigenvalue weighted by Crippen LogP contribution is 2.43. The minimum Gasteiger partial charge on any atom is -0.497 e. The third-order valence-electron chi connectivity index (χ3n) is 5.98. The molecular weight excluding hydrogens is 374 g/mol. The minimum atomic E-state index is -0.761. The smallest absolute Gasteiger partial charge is 0.197 e. The van der Waals surface area contributed by atoms with Gasteiger partial charge >= 0.3 is 0 Å². The number of methoxy groups -OCH3 is 2. The molecule has 3 aromatic carbocycles. The molecule has 4 aromatic rings. The van der Waals surface area contributed by atoms with Crippen LogP contribution < -0.4 is 9.47 Å². The number of hydrogen-bond acceptors (Lipinski definition) is 3. The van der Waals surface area contributed by atoms with Crippen LogP contribution in [0.1, 0.15) is 22.4 Å². The van der Waals surface area contributed by atoms with Crippen molar-refractivity contribution in [1.29, 1.82) is 0 Å². The molecule has 0 saturated carbocycles. The first kappa shape index (κ1) is 18.8. The second kappa shape index (κ2) is 7.22. The van der Waals surface area contributed by atoms with Crippen molar-refractivity contribution in [3.8, 4) is 11.5 Å². The van der Waals surface area contributed by atoms with E-state index in [9.17, 15) is 0 Å². The zero-order valence-electron chi connectivity index (χ0n) is 17.5. The Hall–Kier alpha value is -3.24. The summed E-state index contributed by atoms with van der Waals surface area (Å²) in [6.07, 6.45) is 0.877. The number of hydrogen-bond donors (Lipinski definition) is 0. The lowest BCUT2D eigenvalue weighted by molar-refractivity contribution is -0.0555. The number of ether oxygens (including phenoxy) is 3. The molecule has 0 spiro atoms. The Morgan fingerprint density at radius 2 is 1.40 bits per heavy atom. The van der Waals surface area contributed by atoms with Gasteiger partial charge in [0, 0.05) is 28.6 Å². The van der Waals surface area contributed by atoms with Crippen LogP contribution in [0.4, 0.5) is 0 Å². The molecule has 0 saturated heterocycles. The Bertz CT molecular complexity index is 1140. The van der Waals surface area contributed by atoms with Gasteiger partial charge in [0.25, 0.3) is 0 Å². The maximum atomic E-state index is 6.69. The van der Waals surface area contributed by atoms with E-state index >= 15 is 0 Å². The highest BCUT2D eigenvalue weighted by molar-refractivity contribution is 5.83. The summed E-state index contributed by atoms with van der Waals surface area (Å²) in [4.78, 5) is 0. The van der Waals surface area contributed by atoms with Crippen LogP contribution in [0.3, 0.4) is 0 Å². The van der Waals surface area contributed by atoms with Crippen LogP contribution in [0, 0.1) is 6.92 Å². The van der Waals surface area contributed by atoms with Crippen molar-refractivity contribution in [2.75, 3.05) is 20.8 Å². The molecule has 2 heterocycles. The van der Waals surface area contributed by atoms with E-state index < -0.39 is 5.72 Å². The van der Waals surface area contributed by atoms with Crippen molar-refractivity contribution in [2.45, 2.75) is 19.1 Å². The number of nitrogens with zero attached hydrogens (tertiary/aromatic N) is 1. The highest BCUT2D eigenvalue weighted by atomic mass is 16.5. The van der Waals surface area contributed by atoms with Gasteiger partial charge in [0.1, 0.15) is 11.5 Å². The van der Waals surface area contributed by atoms with Gasteiger partial charge in [-0.25, -0.2) is 0 Å². The SMILES string of the molecule is COc1ccc(C2(c3ccc(OC)cc3)OCCc3cc4cc(C)ccc4n32)cc1. The first-order valence-corrected chi connectivity index (χ1v) is 10.2. The Balaban J connectivity index is 1.82. The summed E-state index contributed by atoms with van der Waals surface area (Å²) in [5, 5.41) is 1.24. The van der Waals surface area contributed by atoms with E-state index in [-0.39, 0.29) is 0 Å². The van der Waals surface area contributed by atoms with Crippen molar-refractivity contribution >= 4 is 10.9 Å². The van der Waals surface area contributed by atoms with Crippen LogP contribution in [-0.4, -0.2) is 25.4 Å². The van der Waals surface area contributed by atoms with Crippen LogP contribution in [-0.2, 0) is 16.9 Å². The van der Waals surface area contributed by atoms with Gasteiger partial charge in [0.15, 0.2) is 5.72 Å². The molecule has 0 aliphatic carbocycles. The van der Waals surface area contributed by atoms with E-state index in [0.717, 1.165) is 29.0 Å². The third-order valence-corrected chi connectivity index (χ3v) is 5.98. The molecule has 1 aromatic heterocycles. The Morgan fingerprint density at radius 1 is 0.800 bits per heavy atom. The topological polar surface area (TPSA) is 32.6 Å². The molecule has 0 amide bonds. The lowest BCUT2D eigenvalue weighted by Crippen LogP contribution is -2.43. The van der Waals surface area contributed by atoms with Gasteiger partial charge in [-0.2, -0.15) is 0 Å². The lowest BCUT2D eigenvalue weighted by atomic mass is 9.91. The molecule has 4 heteroatoms. The lowest BCUT2D eigenvalue weighted by Gasteiger charge is -2.41. The molecule has 5 rings (SSSR count). The van der Waals surface area contributed by atoms with Gasteiger partial charge in [-0.05, 0) is 49.4 Å². The van der Waals surface area contributed by atoms with Crippen LogP contribution in [0.25, 0.3) is 10.9 Å². The summed E-state index contributed by atoms with van der Waals surface area (Å²) in [7, 11) is 3.37. The molecular formula is C26H25NO3. The fourth-order valence-corrected chi connectivity index (χ4v) is 4.54. The van der Waals surface area contributed by atoms with Gasteiger partial charge in [-0.3, -0.25) is 0 Å². The van der Waals surface area contributed by atoms with E-state index in [1.54, 1.807) is 14.2 Å². The first-order valence-electron chi connectivity index (χ1n) is 10.2. The fourth-order valence-electron chi connectivity index (χ4n) is 4.54. The molecule has 4 nitrogen and oxygen atoms in total.